The standard InChI is InChI=1S/C15H13F2NO5S/c16-15(17,24(20,21)22)14(19)18-7-9-1-2-11-6-12(13-8-23-13)4-3-10(11)5-9/h1-6,13H,7-8H2,(H,18,19)(H,20,21,22). The number of alkyl halides is 2. The van der Waals surface area contributed by atoms with Gasteiger partial charge in [0.15, 0.2) is 0 Å². The number of epoxide rings is 1. The van der Waals surface area contributed by atoms with E-state index in [0.717, 1.165) is 16.3 Å². The topological polar surface area (TPSA) is 96.0 Å². The highest BCUT2D eigenvalue weighted by molar-refractivity contribution is 7.87. The van der Waals surface area contributed by atoms with E-state index in [1.807, 2.05) is 18.2 Å². The van der Waals surface area contributed by atoms with Gasteiger partial charge in [-0.25, -0.2) is 0 Å². The molecule has 1 amide bonds. The minimum Gasteiger partial charge on any atom is -0.368 e. The van der Waals surface area contributed by atoms with Crippen LogP contribution in [0.1, 0.15) is 17.2 Å². The van der Waals surface area contributed by atoms with Crippen molar-refractivity contribution in [1.82, 2.24) is 5.32 Å². The van der Waals surface area contributed by atoms with Crippen LogP contribution in [-0.4, -0.2) is 30.7 Å². The summed E-state index contributed by atoms with van der Waals surface area (Å²) >= 11 is 0. The van der Waals surface area contributed by atoms with Gasteiger partial charge in [-0.05, 0) is 34.0 Å². The monoisotopic (exact) mass is 357 g/mol. The van der Waals surface area contributed by atoms with E-state index >= 15 is 0 Å². The molecule has 0 saturated carbocycles. The fraction of sp³-hybridized carbons (Fsp3) is 0.267. The van der Waals surface area contributed by atoms with Crippen LogP contribution < -0.4 is 5.32 Å². The van der Waals surface area contributed by atoms with Gasteiger partial charge < -0.3 is 10.1 Å². The van der Waals surface area contributed by atoms with E-state index in [9.17, 15) is 22.0 Å². The molecule has 1 aliphatic rings. The van der Waals surface area contributed by atoms with Crippen molar-refractivity contribution in [2.45, 2.75) is 17.9 Å². The average molecular weight is 357 g/mol. The summed E-state index contributed by atoms with van der Waals surface area (Å²) in [6.07, 6.45) is 0.121. The first kappa shape index (κ1) is 16.7. The molecular weight excluding hydrogens is 344 g/mol. The molecule has 1 atom stereocenters. The fourth-order valence-corrected chi connectivity index (χ4v) is 2.57. The number of halogens is 2. The number of hydrogen-bond acceptors (Lipinski definition) is 4. The number of fused-ring (bicyclic) bond motifs is 1. The maximum Gasteiger partial charge on any atom is 0.446 e. The number of rotatable bonds is 5. The first-order valence-corrected chi connectivity index (χ1v) is 8.40. The number of nitrogens with one attached hydrogen (secondary N) is 1. The normalized spacial score (nSPS) is 17.7. The Hall–Kier alpha value is -2.10. The second kappa shape index (κ2) is 5.76. The van der Waals surface area contributed by atoms with E-state index in [4.69, 9.17) is 9.29 Å². The molecule has 1 fully saturated rings. The largest absolute Gasteiger partial charge is 0.446 e. The highest BCUT2D eigenvalue weighted by atomic mass is 32.2. The smallest absolute Gasteiger partial charge is 0.368 e. The van der Waals surface area contributed by atoms with E-state index in [-0.39, 0.29) is 12.6 Å². The van der Waals surface area contributed by atoms with Crippen LogP contribution in [0.4, 0.5) is 8.78 Å². The Morgan fingerprint density at radius 1 is 1.25 bits per heavy atom. The molecule has 1 saturated heterocycles. The van der Waals surface area contributed by atoms with Gasteiger partial charge in [-0.1, -0.05) is 24.3 Å². The molecule has 0 radical (unpaired) electrons. The minimum absolute atomic E-state index is 0.121. The van der Waals surface area contributed by atoms with Crippen LogP contribution >= 0.6 is 0 Å². The summed E-state index contributed by atoms with van der Waals surface area (Å²) in [5, 5.41) is -1.31. The van der Waals surface area contributed by atoms with E-state index in [2.05, 4.69) is 0 Å². The van der Waals surface area contributed by atoms with Crippen molar-refractivity contribution < 1.29 is 31.3 Å². The molecule has 1 aliphatic heterocycles. The van der Waals surface area contributed by atoms with Gasteiger partial charge in [-0.3, -0.25) is 9.35 Å². The molecule has 0 aliphatic carbocycles. The summed E-state index contributed by atoms with van der Waals surface area (Å²) in [6.45, 7) is 0.394. The summed E-state index contributed by atoms with van der Waals surface area (Å²) in [5.41, 5.74) is 1.56. The highest BCUT2D eigenvalue weighted by Crippen LogP contribution is 2.31. The quantitative estimate of drug-likeness (QED) is 0.630. The van der Waals surface area contributed by atoms with E-state index in [1.165, 1.54) is 0 Å². The number of ether oxygens (including phenoxy) is 1. The van der Waals surface area contributed by atoms with Crippen molar-refractivity contribution in [3.8, 4) is 0 Å². The van der Waals surface area contributed by atoms with Crippen molar-refractivity contribution in [3.05, 3.63) is 47.5 Å². The van der Waals surface area contributed by atoms with Gasteiger partial charge in [-0.15, -0.1) is 0 Å². The molecule has 3 rings (SSSR count). The SMILES string of the molecule is O=C(NCc1ccc2cc(C3CO3)ccc2c1)C(F)(F)S(=O)(=O)O. The molecule has 24 heavy (non-hydrogen) atoms. The van der Waals surface area contributed by atoms with Crippen LogP contribution in [-0.2, 0) is 26.2 Å². The highest BCUT2D eigenvalue weighted by Gasteiger charge is 2.52. The van der Waals surface area contributed by atoms with Gasteiger partial charge >= 0.3 is 21.3 Å². The molecule has 9 heteroatoms. The third kappa shape index (κ3) is 3.23. The van der Waals surface area contributed by atoms with Crippen LogP contribution in [0.3, 0.4) is 0 Å². The zero-order chi connectivity index (χ0) is 17.5. The van der Waals surface area contributed by atoms with Crippen molar-refractivity contribution in [1.29, 1.82) is 0 Å². The molecular formula is C15H13F2NO5S. The molecule has 2 aromatic rings. The molecule has 128 valence electrons. The van der Waals surface area contributed by atoms with Crippen molar-refractivity contribution in [3.63, 3.8) is 0 Å². The van der Waals surface area contributed by atoms with Crippen LogP contribution in [0.25, 0.3) is 10.8 Å². The van der Waals surface area contributed by atoms with Crippen molar-refractivity contribution in [2.75, 3.05) is 6.61 Å². The van der Waals surface area contributed by atoms with Gasteiger partial charge in [0.1, 0.15) is 6.10 Å². The van der Waals surface area contributed by atoms with Gasteiger partial charge in [0.05, 0.1) is 6.61 Å². The second-order valence-electron chi connectivity index (χ2n) is 5.44. The van der Waals surface area contributed by atoms with Crippen LogP contribution in [0, 0.1) is 0 Å². The van der Waals surface area contributed by atoms with E-state index < -0.39 is 21.3 Å². The molecule has 2 aromatic carbocycles. The molecule has 1 heterocycles. The number of amides is 1. The van der Waals surface area contributed by atoms with Crippen LogP contribution in [0.15, 0.2) is 36.4 Å². The van der Waals surface area contributed by atoms with Crippen LogP contribution in [0.2, 0.25) is 0 Å². The third-order valence-electron chi connectivity index (χ3n) is 3.68. The Morgan fingerprint density at radius 3 is 2.50 bits per heavy atom. The summed E-state index contributed by atoms with van der Waals surface area (Å²) in [6, 6.07) is 10.8. The lowest BCUT2D eigenvalue weighted by atomic mass is 10.0. The van der Waals surface area contributed by atoms with Gasteiger partial charge in [-0.2, -0.15) is 17.2 Å². The van der Waals surface area contributed by atoms with E-state index in [1.54, 1.807) is 23.5 Å². The van der Waals surface area contributed by atoms with Crippen molar-refractivity contribution >= 4 is 26.8 Å². The average Bonchev–Trinajstić information content (AvgIpc) is 3.35. The number of hydrogen-bond donors (Lipinski definition) is 2. The molecule has 6 nitrogen and oxygen atoms in total. The summed E-state index contributed by atoms with van der Waals surface area (Å²) in [7, 11) is -5.80. The predicted molar refractivity (Wildman–Crippen MR) is 81.0 cm³/mol. The lowest BCUT2D eigenvalue weighted by Gasteiger charge is -2.13. The Bertz CT molecular complexity index is 909. The van der Waals surface area contributed by atoms with Crippen LogP contribution in [0.5, 0.6) is 0 Å². The fourth-order valence-electron chi connectivity index (χ4n) is 2.27. The van der Waals surface area contributed by atoms with Crippen molar-refractivity contribution in [2.24, 2.45) is 0 Å². The Morgan fingerprint density at radius 2 is 1.88 bits per heavy atom. The second-order valence-corrected chi connectivity index (χ2v) is 6.90. The maximum absolute atomic E-state index is 13.1. The first-order valence-electron chi connectivity index (χ1n) is 6.96. The molecule has 0 aromatic heterocycles. The number of benzene rings is 2. The number of carbonyl (C=O) groups excluding carboxylic acids is 1. The summed E-state index contributed by atoms with van der Waals surface area (Å²) in [4.78, 5) is 11.3. The number of carbonyl (C=O) groups is 1. The Balaban J connectivity index is 1.74. The zero-order valence-corrected chi connectivity index (χ0v) is 13.0. The molecule has 1 unspecified atom stereocenters. The molecule has 2 N–H and O–H groups in total. The predicted octanol–water partition coefficient (Wildman–Crippen LogP) is 2.01. The molecule has 0 spiro atoms. The van der Waals surface area contributed by atoms with E-state index in [0.29, 0.717) is 12.2 Å². The molecule has 0 bridgehead atoms. The zero-order valence-electron chi connectivity index (χ0n) is 12.2. The lowest BCUT2D eigenvalue weighted by Crippen LogP contribution is -2.45. The lowest BCUT2D eigenvalue weighted by molar-refractivity contribution is -0.136. The third-order valence-corrected chi connectivity index (χ3v) is 4.51. The minimum atomic E-state index is -5.80. The maximum atomic E-state index is 13.1. The van der Waals surface area contributed by atoms with Gasteiger partial charge in [0.2, 0.25) is 0 Å². The Labute approximate surface area is 136 Å². The first-order chi connectivity index (χ1) is 11.2. The summed E-state index contributed by atoms with van der Waals surface area (Å²) < 4.78 is 60.9. The Kier molecular flexibility index (Phi) is 4.02. The summed E-state index contributed by atoms with van der Waals surface area (Å²) in [5.74, 6) is -2.08. The van der Waals surface area contributed by atoms with Gasteiger partial charge in [0.25, 0.3) is 0 Å². The van der Waals surface area contributed by atoms with Gasteiger partial charge in [0, 0.05) is 6.54 Å².